The summed E-state index contributed by atoms with van der Waals surface area (Å²) in [5.41, 5.74) is 3.30. The molecule has 0 fully saturated rings. The molecule has 116 valence electrons. The molecule has 0 aliphatic heterocycles. The largest absolute Gasteiger partial charge is 0.493 e. The first-order chi connectivity index (χ1) is 10.7. The number of thiol groups is 1. The summed E-state index contributed by atoms with van der Waals surface area (Å²) in [6.45, 7) is 2.53. The Hall–Kier alpha value is -1.53. The standard InChI is InChI=1S/C16H17NO3S2/c1-2-19-14(18)8-9-20-12-5-3-4-11-10(12)6-7-13-15(11)17-16(21)22-13/h3-5H,2,6-9H2,1H3,(H,17,21). The van der Waals surface area contributed by atoms with Crippen LogP contribution in [0.15, 0.2) is 22.5 Å². The highest BCUT2D eigenvalue weighted by Crippen LogP contribution is 2.40. The first-order valence-corrected chi connectivity index (χ1v) is 8.54. The van der Waals surface area contributed by atoms with Crippen molar-refractivity contribution in [2.75, 3.05) is 13.2 Å². The van der Waals surface area contributed by atoms with E-state index in [0.717, 1.165) is 39.8 Å². The highest BCUT2D eigenvalue weighted by atomic mass is 32.2. The van der Waals surface area contributed by atoms with Crippen LogP contribution in [0.25, 0.3) is 11.3 Å². The highest BCUT2D eigenvalue weighted by Gasteiger charge is 2.22. The molecule has 1 aliphatic carbocycles. The van der Waals surface area contributed by atoms with Crippen LogP contribution in [0.1, 0.15) is 23.8 Å². The zero-order valence-corrected chi connectivity index (χ0v) is 14.0. The summed E-state index contributed by atoms with van der Waals surface area (Å²) in [5.74, 6) is 0.606. The van der Waals surface area contributed by atoms with Crippen LogP contribution in [-0.2, 0) is 22.4 Å². The number of hydrogen-bond acceptors (Lipinski definition) is 6. The molecule has 0 N–H and O–H groups in total. The Bertz CT molecular complexity index is 697. The maximum absolute atomic E-state index is 11.4. The number of thiazole rings is 1. The molecule has 0 bridgehead atoms. The third kappa shape index (κ3) is 3.13. The number of rotatable bonds is 5. The molecule has 0 saturated heterocycles. The number of carbonyl (C=O) groups excluding carboxylic acids is 1. The molecule has 6 heteroatoms. The van der Waals surface area contributed by atoms with E-state index in [1.54, 1.807) is 18.3 Å². The summed E-state index contributed by atoms with van der Waals surface area (Å²) in [6.07, 6.45) is 2.15. The van der Waals surface area contributed by atoms with Crippen LogP contribution >= 0.6 is 24.0 Å². The summed E-state index contributed by atoms with van der Waals surface area (Å²) in [6, 6.07) is 5.98. The van der Waals surface area contributed by atoms with Gasteiger partial charge in [-0.3, -0.25) is 4.79 Å². The average Bonchev–Trinajstić information content (AvgIpc) is 2.88. The topological polar surface area (TPSA) is 48.4 Å². The molecule has 3 rings (SSSR count). The minimum absolute atomic E-state index is 0.228. The lowest BCUT2D eigenvalue weighted by Crippen LogP contribution is -2.11. The molecular formula is C16H17NO3S2. The molecule has 2 aromatic rings. The third-order valence-corrected chi connectivity index (χ3v) is 4.84. The Morgan fingerprint density at radius 2 is 2.27 bits per heavy atom. The van der Waals surface area contributed by atoms with Crippen LogP contribution < -0.4 is 4.74 Å². The Morgan fingerprint density at radius 1 is 1.41 bits per heavy atom. The van der Waals surface area contributed by atoms with Crippen molar-refractivity contribution in [1.29, 1.82) is 0 Å². The molecule has 22 heavy (non-hydrogen) atoms. The van der Waals surface area contributed by atoms with Crippen LogP contribution in [0.3, 0.4) is 0 Å². The van der Waals surface area contributed by atoms with Gasteiger partial charge in [0, 0.05) is 16.0 Å². The van der Waals surface area contributed by atoms with Gasteiger partial charge in [-0.05, 0) is 25.8 Å². The fourth-order valence-electron chi connectivity index (χ4n) is 2.62. The molecule has 1 aromatic heterocycles. The highest BCUT2D eigenvalue weighted by molar-refractivity contribution is 7.82. The smallest absolute Gasteiger partial charge is 0.309 e. The van der Waals surface area contributed by atoms with Gasteiger partial charge in [-0.15, -0.1) is 24.0 Å². The first-order valence-electron chi connectivity index (χ1n) is 7.28. The maximum Gasteiger partial charge on any atom is 0.309 e. The van der Waals surface area contributed by atoms with Crippen LogP contribution in [-0.4, -0.2) is 24.2 Å². The second kappa shape index (κ2) is 6.71. The van der Waals surface area contributed by atoms with E-state index < -0.39 is 0 Å². The van der Waals surface area contributed by atoms with E-state index in [-0.39, 0.29) is 12.4 Å². The normalized spacial score (nSPS) is 12.5. The Balaban J connectivity index is 1.77. The van der Waals surface area contributed by atoms with Crippen molar-refractivity contribution < 1.29 is 14.3 Å². The predicted molar refractivity (Wildman–Crippen MR) is 89.0 cm³/mol. The number of nitrogens with zero attached hydrogens (tertiary/aromatic N) is 1. The van der Waals surface area contributed by atoms with Crippen molar-refractivity contribution >= 4 is 29.9 Å². The monoisotopic (exact) mass is 335 g/mol. The second-order valence-electron chi connectivity index (χ2n) is 4.95. The maximum atomic E-state index is 11.4. The summed E-state index contributed by atoms with van der Waals surface area (Å²) >= 11 is 5.99. The van der Waals surface area contributed by atoms with Crippen LogP contribution in [0.5, 0.6) is 5.75 Å². The van der Waals surface area contributed by atoms with Crippen LogP contribution in [0, 0.1) is 0 Å². The van der Waals surface area contributed by atoms with E-state index in [4.69, 9.17) is 9.47 Å². The van der Waals surface area contributed by atoms with Gasteiger partial charge in [-0.2, -0.15) is 0 Å². The molecule has 0 atom stereocenters. The number of esters is 1. The third-order valence-electron chi connectivity index (χ3n) is 3.55. The van der Waals surface area contributed by atoms with E-state index in [1.165, 1.54) is 4.88 Å². The number of aromatic nitrogens is 1. The van der Waals surface area contributed by atoms with Crippen molar-refractivity contribution in [3.8, 4) is 17.0 Å². The van der Waals surface area contributed by atoms with Crippen molar-refractivity contribution in [1.82, 2.24) is 4.98 Å². The molecule has 0 amide bonds. The number of hydrogen-bond donors (Lipinski definition) is 1. The molecule has 1 aliphatic rings. The van der Waals surface area contributed by atoms with Gasteiger partial charge in [-0.1, -0.05) is 12.1 Å². The number of carbonyl (C=O) groups is 1. The lowest BCUT2D eigenvalue weighted by atomic mass is 9.93. The quantitative estimate of drug-likeness (QED) is 0.671. The van der Waals surface area contributed by atoms with E-state index in [0.29, 0.717) is 13.2 Å². The molecule has 0 radical (unpaired) electrons. The van der Waals surface area contributed by atoms with Crippen LogP contribution in [0.2, 0.25) is 0 Å². The van der Waals surface area contributed by atoms with E-state index in [2.05, 4.69) is 23.7 Å². The summed E-state index contributed by atoms with van der Waals surface area (Å²) in [4.78, 5) is 17.2. The Morgan fingerprint density at radius 3 is 3.09 bits per heavy atom. The summed E-state index contributed by atoms with van der Waals surface area (Å²) in [7, 11) is 0. The van der Waals surface area contributed by atoms with Gasteiger partial charge in [0.05, 0.1) is 25.3 Å². The van der Waals surface area contributed by atoms with Gasteiger partial charge in [0.15, 0.2) is 0 Å². The molecule has 4 nitrogen and oxygen atoms in total. The van der Waals surface area contributed by atoms with Gasteiger partial charge < -0.3 is 9.47 Å². The van der Waals surface area contributed by atoms with Crippen molar-refractivity contribution in [3.63, 3.8) is 0 Å². The molecular weight excluding hydrogens is 318 g/mol. The van der Waals surface area contributed by atoms with Gasteiger partial charge in [-0.25, -0.2) is 4.98 Å². The predicted octanol–water partition coefficient (Wildman–Crippen LogP) is 3.53. The Labute approximate surface area is 138 Å². The molecule has 1 heterocycles. The molecule has 0 spiro atoms. The molecule has 0 unspecified atom stereocenters. The van der Waals surface area contributed by atoms with E-state index in [1.807, 2.05) is 12.1 Å². The van der Waals surface area contributed by atoms with E-state index in [9.17, 15) is 4.79 Å². The number of ether oxygens (including phenoxy) is 2. The van der Waals surface area contributed by atoms with Gasteiger partial charge >= 0.3 is 5.97 Å². The van der Waals surface area contributed by atoms with Gasteiger partial charge in [0.1, 0.15) is 10.1 Å². The SMILES string of the molecule is CCOC(=O)CCOc1cccc2c1CCc1sc(S)nc1-2. The van der Waals surface area contributed by atoms with Gasteiger partial charge in [0.2, 0.25) is 0 Å². The van der Waals surface area contributed by atoms with Gasteiger partial charge in [0.25, 0.3) is 0 Å². The lowest BCUT2D eigenvalue weighted by molar-refractivity contribution is -0.143. The minimum atomic E-state index is -0.228. The second-order valence-corrected chi connectivity index (χ2v) is 6.76. The summed E-state index contributed by atoms with van der Waals surface area (Å²) < 4.78 is 11.5. The average molecular weight is 335 g/mol. The number of fused-ring (bicyclic) bond motifs is 3. The Kier molecular flexibility index (Phi) is 4.69. The van der Waals surface area contributed by atoms with Crippen molar-refractivity contribution in [2.24, 2.45) is 0 Å². The molecule has 1 aromatic carbocycles. The van der Waals surface area contributed by atoms with Crippen molar-refractivity contribution in [3.05, 3.63) is 28.6 Å². The zero-order valence-electron chi connectivity index (χ0n) is 12.3. The fourth-order valence-corrected chi connectivity index (χ4v) is 3.86. The fraction of sp³-hybridized carbons (Fsp3) is 0.375. The van der Waals surface area contributed by atoms with Crippen molar-refractivity contribution in [2.45, 2.75) is 30.5 Å². The minimum Gasteiger partial charge on any atom is -0.493 e. The lowest BCUT2D eigenvalue weighted by Gasteiger charge is -2.19. The summed E-state index contributed by atoms with van der Waals surface area (Å²) in [5, 5.41) is 0. The van der Waals surface area contributed by atoms with Crippen LogP contribution in [0.4, 0.5) is 0 Å². The number of benzene rings is 1. The first kappa shape index (κ1) is 15.4. The zero-order chi connectivity index (χ0) is 15.5. The number of aryl methyl sites for hydroxylation is 1. The molecule has 0 saturated carbocycles. The van der Waals surface area contributed by atoms with E-state index >= 15 is 0 Å².